The van der Waals surface area contributed by atoms with Crippen molar-refractivity contribution in [1.29, 1.82) is 0 Å². The molecule has 0 aliphatic heterocycles. The van der Waals surface area contributed by atoms with Gasteiger partial charge >= 0.3 is 5.69 Å². The highest BCUT2D eigenvalue weighted by atomic mass is 32.2. The Morgan fingerprint density at radius 1 is 1.47 bits per heavy atom. The van der Waals surface area contributed by atoms with E-state index in [1.54, 1.807) is 16.7 Å². The number of hydrogen-bond acceptors (Lipinski definition) is 5. The van der Waals surface area contributed by atoms with Crippen molar-refractivity contribution in [2.75, 3.05) is 0 Å². The van der Waals surface area contributed by atoms with Crippen molar-refractivity contribution in [3.8, 4) is 0 Å². The van der Waals surface area contributed by atoms with E-state index < -0.39 is 0 Å². The number of aromatic amines is 1. The lowest BCUT2D eigenvalue weighted by Crippen LogP contribution is -2.17. The normalized spacial score (nSPS) is 10.6. The summed E-state index contributed by atoms with van der Waals surface area (Å²) in [4.78, 5) is 26.9. The lowest BCUT2D eigenvalue weighted by molar-refractivity contribution is 0.101. The van der Waals surface area contributed by atoms with E-state index in [9.17, 15) is 9.59 Å². The van der Waals surface area contributed by atoms with Crippen LogP contribution in [0.3, 0.4) is 0 Å². The van der Waals surface area contributed by atoms with Gasteiger partial charge in [-0.3, -0.25) is 9.36 Å². The summed E-state index contributed by atoms with van der Waals surface area (Å²) >= 11 is 1.29. The van der Waals surface area contributed by atoms with Crippen LogP contribution in [0.5, 0.6) is 0 Å². The fraction of sp³-hybridized carbons (Fsp3) is 0.333. The molecule has 0 spiro atoms. The van der Waals surface area contributed by atoms with Crippen molar-refractivity contribution in [1.82, 2.24) is 19.7 Å². The number of Topliss-reactive ketones (excluding diaryl/α,β-unsaturated/α-hetero) is 1. The molecule has 6 nitrogen and oxygen atoms in total. The van der Waals surface area contributed by atoms with Gasteiger partial charge in [0.1, 0.15) is 5.03 Å². The standard InChI is InChI=1S/C12H14N4O2S/c1-3-6-16-11(18)14-15-12(16)19-10-5-4-9(7-13-10)8(2)17/h4-5,7H,3,6H2,1-2H3,(H,14,18). The first-order valence-corrected chi connectivity index (χ1v) is 6.73. The number of pyridine rings is 1. The molecular weight excluding hydrogens is 264 g/mol. The van der Waals surface area contributed by atoms with Gasteiger partial charge in [-0.15, -0.1) is 5.10 Å². The van der Waals surface area contributed by atoms with Gasteiger partial charge < -0.3 is 0 Å². The van der Waals surface area contributed by atoms with Crippen LogP contribution in [-0.4, -0.2) is 25.5 Å². The smallest absolute Gasteiger partial charge is 0.294 e. The zero-order valence-electron chi connectivity index (χ0n) is 10.7. The molecule has 0 aromatic carbocycles. The van der Waals surface area contributed by atoms with E-state index in [0.29, 0.717) is 22.3 Å². The molecule has 2 heterocycles. The Hall–Kier alpha value is -1.89. The van der Waals surface area contributed by atoms with E-state index in [1.165, 1.54) is 24.9 Å². The SMILES string of the molecule is CCCn1c(Sc2ccc(C(C)=O)cn2)n[nH]c1=O. The van der Waals surface area contributed by atoms with Gasteiger partial charge in [0.05, 0.1) is 0 Å². The molecule has 2 aromatic rings. The molecule has 0 fully saturated rings. The minimum atomic E-state index is -0.218. The van der Waals surface area contributed by atoms with Gasteiger partial charge in [-0.2, -0.15) is 0 Å². The second-order valence-corrected chi connectivity index (χ2v) is 4.99. The maximum atomic E-state index is 11.5. The van der Waals surface area contributed by atoms with Gasteiger partial charge in [0.15, 0.2) is 10.9 Å². The summed E-state index contributed by atoms with van der Waals surface area (Å²) in [7, 11) is 0. The highest BCUT2D eigenvalue weighted by Gasteiger charge is 2.10. The van der Waals surface area contributed by atoms with Crippen molar-refractivity contribution in [2.24, 2.45) is 0 Å². The minimum Gasteiger partial charge on any atom is -0.294 e. The molecule has 7 heteroatoms. The van der Waals surface area contributed by atoms with Crippen LogP contribution in [0.25, 0.3) is 0 Å². The number of hydrogen-bond donors (Lipinski definition) is 1. The first-order chi connectivity index (χ1) is 9.11. The van der Waals surface area contributed by atoms with E-state index >= 15 is 0 Å². The predicted octanol–water partition coefficient (Wildman–Crippen LogP) is 1.73. The van der Waals surface area contributed by atoms with Gasteiger partial charge in [-0.25, -0.2) is 14.9 Å². The Labute approximate surface area is 114 Å². The summed E-state index contributed by atoms with van der Waals surface area (Å²) in [6.45, 7) is 4.10. The van der Waals surface area contributed by atoms with Crippen molar-refractivity contribution < 1.29 is 4.79 Å². The molecule has 0 radical (unpaired) electrons. The molecular formula is C12H14N4O2S. The molecule has 19 heavy (non-hydrogen) atoms. The molecule has 0 saturated heterocycles. The molecule has 0 saturated carbocycles. The Balaban J connectivity index is 2.21. The molecule has 100 valence electrons. The monoisotopic (exact) mass is 278 g/mol. The van der Waals surface area contributed by atoms with E-state index in [2.05, 4.69) is 15.2 Å². The number of rotatable bonds is 5. The van der Waals surface area contributed by atoms with Crippen LogP contribution >= 0.6 is 11.8 Å². The zero-order chi connectivity index (χ0) is 13.8. The van der Waals surface area contributed by atoms with Crippen molar-refractivity contribution in [3.63, 3.8) is 0 Å². The average Bonchev–Trinajstić information content (AvgIpc) is 2.73. The largest absolute Gasteiger partial charge is 0.343 e. The number of carbonyl (C=O) groups is 1. The maximum Gasteiger partial charge on any atom is 0.343 e. The second kappa shape index (κ2) is 5.83. The summed E-state index contributed by atoms with van der Waals surface area (Å²) in [6.07, 6.45) is 2.38. The van der Waals surface area contributed by atoms with Crippen LogP contribution in [0.15, 0.2) is 33.3 Å². The summed E-state index contributed by atoms with van der Waals surface area (Å²) in [6, 6.07) is 3.46. The molecule has 0 amide bonds. The fourth-order valence-corrected chi connectivity index (χ4v) is 2.35. The van der Waals surface area contributed by atoms with E-state index in [-0.39, 0.29) is 11.5 Å². The maximum absolute atomic E-state index is 11.5. The number of aromatic nitrogens is 4. The summed E-state index contributed by atoms with van der Waals surface area (Å²) in [5.41, 5.74) is 0.349. The Kier molecular flexibility index (Phi) is 4.16. The van der Waals surface area contributed by atoms with Gasteiger partial charge in [-0.05, 0) is 37.2 Å². The molecule has 2 rings (SSSR count). The quantitative estimate of drug-likeness (QED) is 0.842. The second-order valence-electron chi connectivity index (χ2n) is 4.01. The molecule has 1 N–H and O–H groups in total. The van der Waals surface area contributed by atoms with E-state index in [4.69, 9.17) is 0 Å². The van der Waals surface area contributed by atoms with Crippen molar-refractivity contribution in [3.05, 3.63) is 34.4 Å². The zero-order valence-corrected chi connectivity index (χ0v) is 11.5. The van der Waals surface area contributed by atoms with Gasteiger partial charge in [0.25, 0.3) is 0 Å². The van der Waals surface area contributed by atoms with E-state index in [0.717, 1.165) is 6.42 Å². The third kappa shape index (κ3) is 3.11. The third-order valence-corrected chi connectivity index (χ3v) is 3.45. The summed E-state index contributed by atoms with van der Waals surface area (Å²) in [5.74, 6) is -0.0216. The van der Waals surface area contributed by atoms with E-state index in [1.807, 2.05) is 6.92 Å². The minimum absolute atomic E-state index is 0.0216. The molecule has 0 aliphatic rings. The molecule has 0 aliphatic carbocycles. The van der Waals surface area contributed by atoms with Crippen LogP contribution in [0.1, 0.15) is 30.6 Å². The van der Waals surface area contributed by atoms with Crippen molar-refractivity contribution >= 4 is 17.5 Å². The van der Waals surface area contributed by atoms with Crippen LogP contribution in [-0.2, 0) is 6.54 Å². The van der Waals surface area contributed by atoms with Crippen LogP contribution in [0, 0.1) is 0 Å². The fourth-order valence-electron chi connectivity index (χ4n) is 1.54. The molecule has 0 bridgehead atoms. The summed E-state index contributed by atoms with van der Waals surface area (Å²) in [5, 5.41) is 7.67. The Morgan fingerprint density at radius 2 is 2.26 bits per heavy atom. The van der Waals surface area contributed by atoms with Gasteiger partial charge in [0.2, 0.25) is 0 Å². The Bertz CT molecular complexity index is 630. The van der Waals surface area contributed by atoms with Crippen LogP contribution in [0.4, 0.5) is 0 Å². The third-order valence-electron chi connectivity index (χ3n) is 2.51. The lowest BCUT2D eigenvalue weighted by atomic mass is 10.2. The van der Waals surface area contributed by atoms with Gasteiger partial charge in [-0.1, -0.05) is 6.92 Å². The Morgan fingerprint density at radius 3 is 2.84 bits per heavy atom. The molecule has 0 atom stereocenters. The van der Waals surface area contributed by atoms with Crippen molar-refractivity contribution in [2.45, 2.75) is 37.0 Å². The van der Waals surface area contributed by atoms with Crippen LogP contribution in [0.2, 0.25) is 0 Å². The highest BCUT2D eigenvalue weighted by Crippen LogP contribution is 2.23. The number of nitrogens with zero attached hydrogens (tertiary/aromatic N) is 3. The average molecular weight is 278 g/mol. The summed E-state index contributed by atoms with van der Waals surface area (Å²) < 4.78 is 1.57. The first-order valence-electron chi connectivity index (χ1n) is 5.92. The topological polar surface area (TPSA) is 80.6 Å². The number of ketones is 1. The number of nitrogens with one attached hydrogen (secondary N) is 1. The first kappa shape index (κ1) is 13.5. The lowest BCUT2D eigenvalue weighted by Gasteiger charge is -2.03. The highest BCUT2D eigenvalue weighted by molar-refractivity contribution is 7.99. The number of H-pyrrole nitrogens is 1. The predicted molar refractivity (Wildman–Crippen MR) is 71.5 cm³/mol. The molecule has 2 aromatic heterocycles. The van der Waals surface area contributed by atoms with Gasteiger partial charge in [0, 0.05) is 18.3 Å². The van der Waals surface area contributed by atoms with Crippen LogP contribution < -0.4 is 5.69 Å². The number of carbonyl (C=O) groups excluding carboxylic acids is 1. The molecule has 0 unspecified atom stereocenters.